The molecule has 8 heteroatoms. The van der Waals surface area contributed by atoms with Crippen molar-refractivity contribution in [2.24, 2.45) is 5.73 Å². The normalized spacial score (nSPS) is 16.7. The zero-order chi connectivity index (χ0) is 16.0. The zero-order valence-electron chi connectivity index (χ0n) is 13.0. The highest BCUT2D eigenvalue weighted by Crippen LogP contribution is 2.37. The molecule has 0 aliphatic heterocycles. The first-order valence-corrected chi connectivity index (χ1v) is 8.85. The molecule has 0 atom stereocenters. The number of benzene rings is 1. The highest BCUT2D eigenvalue weighted by Gasteiger charge is 2.39. The average molecular weight is 358 g/mol. The minimum atomic E-state index is -3.28. The molecule has 2 N–H and O–H groups in total. The predicted octanol–water partition coefficient (Wildman–Crippen LogP) is 2.68. The number of nitrogens with zero attached hydrogens (tertiary/aromatic N) is 2. The summed E-state index contributed by atoms with van der Waals surface area (Å²) >= 11 is 0. The molecule has 2 aromatic rings. The van der Waals surface area contributed by atoms with Crippen LogP contribution in [-0.2, 0) is 15.4 Å². The molecule has 1 aromatic carbocycles. The van der Waals surface area contributed by atoms with Gasteiger partial charge in [-0.2, -0.15) is 4.98 Å². The van der Waals surface area contributed by atoms with E-state index in [0.29, 0.717) is 22.2 Å². The standard InChI is InChI=1S/C15H19N3O3S.ClH/c1-10(2)22(19,20)12-6-4-11(5-7-12)13-17-14(18-21-13)15(16)8-3-9-15;/h4-7,10H,3,8-9,16H2,1-2H3;1H. The molecule has 0 unspecified atom stereocenters. The molecule has 23 heavy (non-hydrogen) atoms. The maximum absolute atomic E-state index is 12.1. The maximum Gasteiger partial charge on any atom is 0.257 e. The summed E-state index contributed by atoms with van der Waals surface area (Å²) < 4.78 is 29.4. The van der Waals surface area contributed by atoms with Crippen molar-refractivity contribution >= 4 is 22.2 Å². The third-order valence-electron chi connectivity index (χ3n) is 4.17. The average Bonchev–Trinajstić information content (AvgIpc) is 2.95. The van der Waals surface area contributed by atoms with E-state index in [4.69, 9.17) is 10.3 Å². The number of halogens is 1. The van der Waals surface area contributed by atoms with Gasteiger partial charge in [0.25, 0.3) is 5.89 Å². The van der Waals surface area contributed by atoms with Crippen molar-refractivity contribution in [3.63, 3.8) is 0 Å². The molecule has 0 radical (unpaired) electrons. The lowest BCUT2D eigenvalue weighted by Crippen LogP contribution is -2.44. The molecule has 0 saturated heterocycles. The number of nitrogens with two attached hydrogens (primary N) is 1. The lowest BCUT2D eigenvalue weighted by Gasteiger charge is -2.34. The molecule has 0 spiro atoms. The molecule has 1 heterocycles. The molecular formula is C15H20ClN3O3S. The maximum atomic E-state index is 12.1. The van der Waals surface area contributed by atoms with Crippen molar-refractivity contribution in [1.82, 2.24) is 10.1 Å². The summed E-state index contributed by atoms with van der Waals surface area (Å²) in [6.07, 6.45) is 2.79. The smallest absolute Gasteiger partial charge is 0.257 e. The van der Waals surface area contributed by atoms with E-state index < -0.39 is 20.6 Å². The predicted molar refractivity (Wildman–Crippen MR) is 89.0 cm³/mol. The summed E-state index contributed by atoms with van der Waals surface area (Å²) in [6.45, 7) is 3.32. The third-order valence-corrected chi connectivity index (χ3v) is 6.34. The summed E-state index contributed by atoms with van der Waals surface area (Å²) in [5.74, 6) is 0.882. The Balaban J connectivity index is 0.00000192. The summed E-state index contributed by atoms with van der Waals surface area (Å²) in [5, 5.41) is 3.50. The molecule has 1 fully saturated rings. The largest absolute Gasteiger partial charge is 0.334 e. The van der Waals surface area contributed by atoms with E-state index in [1.807, 2.05) is 0 Å². The second-order valence-electron chi connectivity index (χ2n) is 6.05. The Kier molecular flexibility index (Phi) is 4.84. The highest BCUT2D eigenvalue weighted by atomic mass is 35.5. The Labute approximate surface area is 141 Å². The summed E-state index contributed by atoms with van der Waals surface area (Å²) in [5.41, 5.74) is 6.38. The molecule has 1 saturated carbocycles. The molecule has 3 rings (SSSR count). The van der Waals surface area contributed by atoms with Gasteiger partial charge in [0.15, 0.2) is 15.7 Å². The molecule has 126 valence electrons. The van der Waals surface area contributed by atoms with Gasteiger partial charge in [0.05, 0.1) is 15.7 Å². The van der Waals surface area contributed by atoms with Crippen LogP contribution in [0, 0.1) is 0 Å². The van der Waals surface area contributed by atoms with Gasteiger partial charge in [0.1, 0.15) is 0 Å². The summed E-state index contributed by atoms with van der Waals surface area (Å²) in [6, 6.07) is 6.49. The minimum absolute atomic E-state index is 0. The van der Waals surface area contributed by atoms with Gasteiger partial charge in [0, 0.05) is 5.56 Å². The van der Waals surface area contributed by atoms with Crippen LogP contribution in [0.15, 0.2) is 33.7 Å². The van der Waals surface area contributed by atoms with Crippen molar-refractivity contribution in [2.45, 2.75) is 48.8 Å². The van der Waals surface area contributed by atoms with E-state index in [2.05, 4.69) is 10.1 Å². The van der Waals surface area contributed by atoms with Gasteiger partial charge < -0.3 is 10.3 Å². The molecule has 0 bridgehead atoms. The summed E-state index contributed by atoms with van der Waals surface area (Å²) in [4.78, 5) is 4.64. The van der Waals surface area contributed by atoms with E-state index in [1.54, 1.807) is 38.1 Å². The van der Waals surface area contributed by atoms with Crippen molar-refractivity contribution in [1.29, 1.82) is 0 Å². The molecular weight excluding hydrogens is 338 g/mol. The topological polar surface area (TPSA) is 99.1 Å². The molecule has 1 aromatic heterocycles. The monoisotopic (exact) mass is 357 g/mol. The van der Waals surface area contributed by atoms with E-state index in [1.165, 1.54) is 0 Å². The van der Waals surface area contributed by atoms with E-state index >= 15 is 0 Å². The van der Waals surface area contributed by atoms with Gasteiger partial charge in [-0.15, -0.1) is 12.4 Å². The van der Waals surface area contributed by atoms with Gasteiger partial charge in [-0.05, 0) is 57.4 Å². The van der Waals surface area contributed by atoms with E-state index in [0.717, 1.165) is 19.3 Å². The Morgan fingerprint density at radius 3 is 2.30 bits per heavy atom. The SMILES string of the molecule is CC(C)S(=O)(=O)c1ccc(-c2nc(C3(N)CCC3)no2)cc1.Cl. The van der Waals surface area contributed by atoms with Gasteiger partial charge in [0.2, 0.25) is 0 Å². The van der Waals surface area contributed by atoms with Crippen LogP contribution >= 0.6 is 12.4 Å². The highest BCUT2D eigenvalue weighted by molar-refractivity contribution is 7.92. The molecule has 6 nitrogen and oxygen atoms in total. The second kappa shape index (κ2) is 6.22. The number of rotatable bonds is 4. The van der Waals surface area contributed by atoms with Crippen molar-refractivity contribution < 1.29 is 12.9 Å². The van der Waals surface area contributed by atoms with Crippen molar-refractivity contribution in [3.05, 3.63) is 30.1 Å². The molecule has 1 aliphatic rings. The quantitative estimate of drug-likeness (QED) is 0.903. The van der Waals surface area contributed by atoms with Crippen LogP contribution in [0.1, 0.15) is 38.9 Å². The van der Waals surface area contributed by atoms with E-state index in [9.17, 15) is 8.42 Å². The van der Waals surface area contributed by atoms with Crippen LogP contribution in [0.4, 0.5) is 0 Å². The van der Waals surface area contributed by atoms with Crippen LogP contribution in [-0.4, -0.2) is 23.8 Å². The first kappa shape index (κ1) is 17.9. The lowest BCUT2D eigenvalue weighted by atomic mass is 9.77. The number of hydrogen-bond donors (Lipinski definition) is 1. The van der Waals surface area contributed by atoms with Gasteiger partial charge >= 0.3 is 0 Å². The fourth-order valence-corrected chi connectivity index (χ4v) is 3.44. The Hall–Kier alpha value is -1.44. The lowest BCUT2D eigenvalue weighted by molar-refractivity contribution is 0.229. The summed E-state index contributed by atoms with van der Waals surface area (Å²) in [7, 11) is -3.28. The van der Waals surface area contributed by atoms with Crippen molar-refractivity contribution in [3.8, 4) is 11.5 Å². The minimum Gasteiger partial charge on any atom is -0.334 e. The van der Waals surface area contributed by atoms with Crippen LogP contribution in [0.2, 0.25) is 0 Å². The first-order valence-electron chi connectivity index (χ1n) is 7.30. The van der Waals surface area contributed by atoms with Crippen LogP contribution in [0.3, 0.4) is 0 Å². The number of aromatic nitrogens is 2. The van der Waals surface area contributed by atoms with Gasteiger partial charge in [-0.25, -0.2) is 8.42 Å². The second-order valence-corrected chi connectivity index (χ2v) is 8.56. The van der Waals surface area contributed by atoms with Gasteiger partial charge in [-0.3, -0.25) is 0 Å². The number of sulfone groups is 1. The van der Waals surface area contributed by atoms with Crippen LogP contribution in [0.25, 0.3) is 11.5 Å². The van der Waals surface area contributed by atoms with Crippen LogP contribution in [0.5, 0.6) is 0 Å². The first-order chi connectivity index (χ1) is 10.3. The molecule has 0 amide bonds. The Bertz CT molecular complexity index is 781. The van der Waals surface area contributed by atoms with Crippen molar-refractivity contribution in [2.75, 3.05) is 0 Å². The molecule has 1 aliphatic carbocycles. The van der Waals surface area contributed by atoms with Gasteiger partial charge in [-0.1, -0.05) is 5.16 Å². The van der Waals surface area contributed by atoms with Crippen LogP contribution < -0.4 is 5.73 Å². The number of hydrogen-bond acceptors (Lipinski definition) is 6. The third kappa shape index (κ3) is 3.13. The Morgan fingerprint density at radius 2 is 1.83 bits per heavy atom. The zero-order valence-corrected chi connectivity index (χ0v) is 14.7. The fraction of sp³-hybridized carbons (Fsp3) is 0.467. The Morgan fingerprint density at radius 1 is 1.22 bits per heavy atom. The van der Waals surface area contributed by atoms with E-state index in [-0.39, 0.29) is 12.4 Å². The fourth-order valence-electron chi connectivity index (χ4n) is 2.38.